The van der Waals surface area contributed by atoms with Gasteiger partial charge in [0.1, 0.15) is 6.61 Å². The SMILES string of the molecule is CNNC(=O)OCCOCCOCCN. The molecule has 7 nitrogen and oxygen atoms in total. The number of hydrazine groups is 1. The summed E-state index contributed by atoms with van der Waals surface area (Å²) in [4.78, 5) is 10.7. The Bertz CT molecular complexity index is 157. The normalized spacial score (nSPS) is 10.0. The molecule has 0 rings (SSSR count). The van der Waals surface area contributed by atoms with Gasteiger partial charge in [0.05, 0.1) is 26.4 Å². The zero-order valence-electron chi connectivity index (χ0n) is 8.95. The fraction of sp³-hybridized carbons (Fsp3) is 0.875. The molecule has 0 bridgehead atoms. The van der Waals surface area contributed by atoms with Gasteiger partial charge in [0.15, 0.2) is 0 Å². The van der Waals surface area contributed by atoms with E-state index in [-0.39, 0.29) is 6.61 Å². The van der Waals surface area contributed by atoms with Gasteiger partial charge in [-0.1, -0.05) is 0 Å². The van der Waals surface area contributed by atoms with E-state index in [1.165, 1.54) is 0 Å². The van der Waals surface area contributed by atoms with Crippen LogP contribution < -0.4 is 16.6 Å². The Hall–Kier alpha value is -0.890. The van der Waals surface area contributed by atoms with Crippen LogP contribution in [0.15, 0.2) is 0 Å². The average molecular weight is 221 g/mol. The van der Waals surface area contributed by atoms with Gasteiger partial charge in [-0.05, 0) is 0 Å². The molecule has 90 valence electrons. The van der Waals surface area contributed by atoms with Gasteiger partial charge in [-0.15, -0.1) is 0 Å². The smallest absolute Gasteiger partial charge is 0.421 e. The van der Waals surface area contributed by atoms with Gasteiger partial charge in [-0.2, -0.15) is 0 Å². The van der Waals surface area contributed by atoms with Gasteiger partial charge in [-0.3, -0.25) is 5.43 Å². The van der Waals surface area contributed by atoms with Gasteiger partial charge in [-0.25, -0.2) is 10.2 Å². The molecule has 7 heteroatoms. The molecular weight excluding hydrogens is 202 g/mol. The van der Waals surface area contributed by atoms with Crippen LogP contribution in [0.1, 0.15) is 0 Å². The summed E-state index contributed by atoms with van der Waals surface area (Å²) in [6.07, 6.45) is -0.527. The Kier molecular flexibility index (Phi) is 10.5. The molecule has 0 aliphatic heterocycles. The Morgan fingerprint density at radius 3 is 2.33 bits per heavy atom. The first-order valence-electron chi connectivity index (χ1n) is 4.76. The summed E-state index contributed by atoms with van der Waals surface area (Å²) >= 11 is 0. The van der Waals surface area contributed by atoms with E-state index in [4.69, 9.17) is 19.9 Å². The molecule has 0 heterocycles. The summed E-state index contributed by atoms with van der Waals surface area (Å²) in [5.74, 6) is 0. The monoisotopic (exact) mass is 221 g/mol. The van der Waals surface area contributed by atoms with Crippen molar-refractivity contribution in [3.8, 4) is 0 Å². The maximum atomic E-state index is 10.7. The van der Waals surface area contributed by atoms with Crippen LogP contribution in [0.5, 0.6) is 0 Å². The molecule has 0 aromatic carbocycles. The Labute approximate surface area is 89.2 Å². The molecule has 1 amide bonds. The van der Waals surface area contributed by atoms with Crippen LogP contribution in [0.2, 0.25) is 0 Å². The maximum Gasteiger partial charge on any atom is 0.421 e. The highest BCUT2D eigenvalue weighted by atomic mass is 16.6. The van der Waals surface area contributed by atoms with E-state index in [1.54, 1.807) is 7.05 Å². The minimum atomic E-state index is -0.527. The average Bonchev–Trinajstić information content (AvgIpc) is 2.22. The first-order chi connectivity index (χ1) is 7.31. The molecule has 0 aliphatic rings. The third-order valence-corrected chi connectivity index (χ3v) is 1.32. The fourth-order valence-corrected chi connectivity index (χ4v) is 0.737. The topological polar surface area (TPSA) is 94.8 Å². The number of rotatable bonds is 9. The van der Waals surface area contributed by atoms with Crippen LogP contribution in [0.4, 0.5) is 4.79 Å². The quantitative estimate of drug-likeness (QED) is 0.336. The highest BCUT2D eigenvalue weighted by molar-refractivity contribution is 5.66. The second-order valence-corrected chi connectivity index (χ2v) is 2.52. The van der Waals surface area contributed by atoms with E-state index in [2.05, 4.69) is 10.9 Å². The third-order valence-electron chi connectivity index (χ3n) is 1.32. The number of carbonyl (C=O) groups is 1. The van der Waals surface area contributed by atoms with E-state index in [1.807, 2.05) is 0 Å². The summed E-state index contributed by atoms with van der Waals surface area (Å²) in [7, 11) is 1.58. The Morgan fingerprint density at radius 1 is 1.13 bits per heavy atom. The lowest BCUT2D eigenvalue weighted by Crippen LogP contribution is -2.35. The lowest BCUT2D eigenvalue weighted by Gasteiger charge is -2.06. The highest BCUT2D eigenvalue weighted by Gasteiger charge is 1.97. The highest BCUT2D eigenvalue weighted by Crippen LogP contribution is 1.81. The predicted octanol–water partition coefficient (Wildman–Crippen LogP) is -1.16. The van der Waals surface area contributed by atoms with Crippen molar-refractivity contribution >= 4 is 6.09 Å². The lowest BCUT2D eigenvalue weighted by atomic mass is 10.7. The molecule has 0 radical (unpaired) electrons. The predicted molar refractivity (Wildman–Crippen MR) is 54.2 cm³/mol. The van der Waals surface area contributed by atoms with Crippen molar-refractivity contribution in [1.29, 1.82) is 0 Å². The molecule has 4 N–H and O–H groups in total. The van der Waals surface area contributed by atoms with Crippen LogP contribution in [0.25, 0.3) is 0 Å². The number of ether oxygens (including phenoxy) is 3. The molecule has 0 unspecified atom stereocenters. The summed E-state index contributed by atoms with van der Waals surface area (Å²) in [5, 5.41) is 0. The number of hydrogen-bond donors (Lipinski definition) is 3. The zero-order chi connectivity index (χ0) is 11.4. The summed E-state index contributed by atoms with van der Waals surface area (Å²) in [5.41, 5.74) is 9.92. The maximum absolute atomic E-state index is 10.7. The van der Waals surface area contributed by atoms with Crippen LogP contribution in [-0.4, -0.2) is 52.7 Å². The standard InChI is InChI=1S/C8H19N3O4/c1-10-11-8(12)15-7-6-14-5-4-13-3-2-9/h10H,2-7,9H2,1H3,(H,11,12). The molecule has 0 fully saturated rings. The minimum Gasteiger partial charge on any atom is -0.446 e. The Balaban J connectivity index is 3.01. The van der Waals surface area contributed by atoms with Gasteiger partial charge in [0.25, 0.3) is 0 Å². The molecule has 0 atom stereocenters. The zero-order valence-corrected chi connectivity index (χ0v) is 8.95. The number of amides is 1. The molecular formula is C8H19N3O4. The van der Waals surface area contributed by atoms with Gasteiger partial charge < -0.3 is 19.9 Å². The van der Waals surface area contributed by atoms with Gasteiger partial charge in [0.2, 0.25) is 0 Å². The van der Waals surface area contributed by atoms with E-state index in [0.717, 1.165) is 0 Å². The Morgan fingerprint density at radius 2 is 1.73 bits per heavy atom. The molecule has 0 aromatic heterocycles. The number of hydrogen-bond acceptors (Lipinski definition) is 6. The van der Waals surface area contributed by atoms with Crippen molar-refractivity contribution in [1.82, 2.24) is 10.9 Å². The molecule has 0 saturated carbocycles. The van der Waals surface area contributed by atoms with Gasteiger partial charge >= 0.3 is 6.09 Å². The van der Waals surface area contributed by atoms with E-state index in [9.17, 15) is 4.79 Å². The van der Waals surface area contributed by atoms with Crippen molar-refractivity contribution < 1.29 is 19.0 Å². The summed E-state index contributed by atoms with van der Waals surface area (Å²) in [6, 6.07) is 0. The van der Waals surface area contributed by atoms with Crippen molar-refractivity contribution in [2.24, 2.45) is 5.73 Å². The van der Waals surface area contributed by atoms with Crippen LogP contribution in [0, 0.1) is 0 Å². The van der Waals surface area contributed by atoms with Crippen molar-refractivity contribution in [3.63, 3.8) is 0 Å². The van der Waals surface area contributed by atoms with Crippen LogP contribution in [-0.2, 0) is 14.2 Å². The molecule has 0 spiro atoms. The second-order valence-electron chi connectivity index (χ2n) is 2.52. The van der Waals surface area contributed by atoms with Crippen molar-refractivity contribution in [3.05, 3.63) is 0 Å². The summed E-state index contributed by atoms with van der Waals surface area (Å²) in [6.45, 7) is 2.57. The largest absolute Gasteiger partial charge is 0.446 e. The van der Waals surface area contributed by atoms with E-state index in [0.29, 0.717) is 33.0 Å². The number of nitrogens with two attached hydrogens (primary N) is 1. The number of carbonyl (C=O) groups excluding carboxylic acids is 1. The number of nitrogens with one attached hydrogen (secondary N) is 2. The van der Waals surface area contributed by atoms with Crippen LogP contribution >= 0.6 is 0 Å². The minimum absolute atomic E-state index is 0.213. The van der Waals surface area contributed by atoms with E-state index >= 15 is 0 Å². The first-order valence-corrected chi connectivity index (χ1v) is 4.76. The molecule has 0 aliphatic carbocycles. The van der Waals surface area contributed by atoms with Crippen LogP contribution in [0.3, 0.4) is 0 Å². The third kappa shape index (κ3) is 11.0. The molecule has 0 saturated heterocycles. The van der Waals surface area contributed by atoms with Crippen molar-refractivity contribution in [2.45, 2.75) is 0 Å². The first kappa shape index (κ1) is 14.1. The lowest BCUT2D eigenvalue weighted by molar-refractivity contribution is 0.0296. The second kappa shape index (κ2) is 11.2. The van der Waals surface area contributed by atoms with E-state index < -0.39 is 6.09 Å². The van der Waals surface area contributed by atoms with Gasteiger partial charge in [0, 0.05) is 13.6 Å². The molecule has 15 heavy (non-hydrogen) atoms. The molecule has 0 aromatic rings. The summed E-state index contributed by atoms with van der Waals surface area (Å²) < 4.78 is 14.9. The van der Waals surface area contributed by atoms with Crippen molar-refractivity contribution in [2.75, 3.05) is 46.6 Å². The fourth-order valence-electron chi connectivity index (χ4n) is 0.737.